The van der Waals surface area contributed by atoms with Crippen LogP contribution in [-0.2, 0) is 9.53 Å². The number of thiazole rings is 1. The third-order valence-corrected chi connectivity index (χ3v) is 7.03. The van der Waals surface area contributed by atoms with Crippen molar-refractivity contribution in [2.75, 3.05) is 33.4 Å². The van der Waals surface area contributed by atoms with E-state index in [1.807, 2.05) is 24.3 Å². The van der Waals surface area contributed by atoms with Gasteiger partial charge in [0.05, 0.1) is 30.5 Å². The maximum atomic E-state index is 13.6. The number of hydrogen-bond donors (Lipinski definition) is 0. The summed E-state index contributed by atoms with van der Waals surface area (Å²) < 4.78 is 12.7. The van der Waals surface area contributed by atoms with E-state index in [1.165, 1.54) is 4.57 Å². The molecule has 4 rings (SSSR count). The second kappa shape index (κ2) is 10.3. The predicted molar refractivity (Wildman–Crippen MR) is 132 cm³/mol. The van der Waals surface area contributed by atoms with E-state index in [1.54, 1.807) is 43.2 Å². The minimum absolute atomic E-state index is 0.0892. The van der Waals surface area contributed by atoms with Crippen molar-refractivity contribution in [2.24, 2.45) is 0 Å². The van der Waals surface area contributed by atoms with Crippen LogP contribution in [0.25, 0.3) is 17.3 Å². The Kier molecular flexibility index (Phi) is 7.17. The summed E-state index contributed by atoms with van der Waals surface area (Å²) in [4.78, 5) is 28.5. The zero-order valence-electron chi connectivity index (χ0n) is 18.7. The number of halogens is 1. The van der Waals surface area contributed by atoms with Gasteiger partial charge in [0.1, 0.15) is 16.5 Å². The smallest absolute Gasteiger partial charge is 0.273 e. The van der Waals surface area contributed by atoms with Gasteiger partial charge in [0, 0.05) is 18.1 Å². The molecule has 0 radical (unpaired) electrons. The van der Waals surface area contributed by atoms with Crippen molar-refractivity contribution in [2.45, 2.75) is 6.92 Å². The molecule has 2 heterocycles. The molecule has 174 valence electrons. The van der Waals surface area contributed by atoms with E-state index >= 15 is 0 Å². The van der Waals surface area contributed by atoms with Crippen LogP contribution < -0.4 is 19.5 Å². The fraction of sp³-hybridized carbons (Fsp3) is 0.240. The van der Waals surface area contributed by atoms with Crippen LogP contribution in [0.2, 0.25) is 5.02 Å². The molecule has 0 spiro atoms. The van der Waals surface area contributed by atoms with E-state index in [4.69, 9.17) is 21.1 Å². The Morgan fingerprint density at radius 3 is 2.68 bits per heavy atom. The lowest BCUT2D eigenvalue weighted by molar-refractivity contribution is -0.128. The Labute approximate surface area is 205 Å². The molecule has 1 aliphatic heterocycles. The molecular formula is C25H22ClN3O4S. The van der Waals surface area contributed by atoms with E-state index in [-0.39, 0.29) is 15.8 Å². The number of benzene rings is 2. The second-order valence-electron chi connectivity index (χ2n) is 7.61. The number of rotatable bonds is 4. The van der Waals surface area contributed by atoms with Gasteiger partial charge in [-0.1, -0.05) is 29.8 Å². The average molecular weight is 496 g/mol. The van der Waals surface area contributed by atoms with Gasteiger partial charge in [-0.05, 0) is 48.4 Å². The number of morpholine rings is 1. The highest BCUT2D eigenvalue weighted by Gasteiger charge is 2.24. The van der Waals surface area contributed by atoms with E-state index in [0.717, 1.165) is 16.9 Å². The van der Waals surface area contributed by atoms with Gasteiger partial charge in [0.2, 0.25) is 0 Å². The van der Waals surface area contributed by atoms with Crippen LogP contribution >= 0.6 is 22.9 Å². The van der Waals surface area contributed by atoms with Crippen molar-refractivity contribution in [3.05, 3.63) is 78.2 Å². The molecule has 1 aromatic heterocycles. The minimum atomic E-state index is -0.423. The first kappa shape index (κ1) is 23.8. The van der Waals surface area contributed by atoms with E-state index in [2.05, 4.69) is 6.07 Å². The van der Waals surface area contributed by atoms with Gasteiger partial charge < -0.3 is 14.4 Å². The highest BCUT2D eigenvalue weighted by Crippen LogP contribution is 2.21. The third kappa shape index (κ3) is 4.64. The van der Waals surface area contributed by atoms with Crippen molar-refractivity contribution in [1.29, 1.82) is 5.26 Å². The summed E-state index contributed by atoms with van der Waals surface area (Å²) in [6.45, 7) is 3.39. The van der Waals surface area contributed by atoms with Crippen LogP contribution in [0.4, 0.5) is 0 Å². The molecule has 9 heteroatoms. The van der Waals surface area contributed by atoms with E-state index < -0.39 is 5.91 Å². The molecule has 2 aromatic carbocycles. The maximum Gasteiger partial charge on any atom is 0.273 e. The van der Waals surface area contributed by atoms with Gasteiger partial charge in [-0.3, -0.25) is 14.2 Å². The van der Waals surface area contributed by atoms with Gasteiger partial charge in [-0.25, -0.2) is 0 Å². The molecule has 1 saturated heterocycles. The highest BCUT2D eigenvalue weighted by atomic mass is 35.5. The van der Waals surface area contributed by atoms with Crippen LogP contribution in [-0.4, -0.2) is 48.8 Å². The van der Waals surface area contributed by atoms with Gasteiger partial charge in [0.15, 0.2) is 5.57 Å². The van der Waals surface area contributed by atoms with Gasteiger partial charge in [-0.15, -0.1) is 11.3 Å². The number of ether oxygens (including phenoxy) is 2. The first-order chi connectivity index (χ1) is 16.4. The van der Waals surface area contributed by atoms with Gasteiger partial charge in [-0.2, -0.15) is 5.26 Å². The maximum absolute atomic E-state index is 13.6. The molecule has 1 amide bonds. The fourth-order valence-corrected chi connectivity index (χ4v) is 4.96. The lowest BCUT2D eigenvalue weighted by Crippen LogP contribution is -2.42. The van der Waals surface area contributed by atoms with Crippen molar-refractivity contribution >= 4 is 40.5 Å². The molecule has 0 unspecified atom stereocenters. The monoisotopic (exact) mass is 495 g/mol. The summed E-state index contributed by atoms with van der Waals surface area (Å²) >= 11 is 7.44. The summed E-state index contributed by atoms with van der Waals surface area (Å²) in [7, 11) is 1.57. The molecule has 1 aliphatic rings. The molecule has 34 heavy (non-hydrogen) atoms. The number of carbonyl (C=O) groups is 1. The number of amides is 1. The van der Waals surface area contributed by atoms with Crippen LogP contribution in [0.5, 0.6) is 5.75 Å². The summed E-state index contributed by atoms with van der Waals surface area (Å²) in [6, 6.07) is 14.6. The summed E-state index contributed by atoms with van der Waals surface area (Å²) in [5, 5.41) is 10.5. The van der Waals surface area contributed by atoms with Crippen molar-refractivity contribution < 1.29 is 14.3 Å². The second-order valence-corrected chi connectivity index (χ2v) is 9.05. The highest BCUT2D eigenvalue weighted by molar-refractivity contribution is 7.07. The number of nitrogens with zero attached hydrogens (tertiary/aromatic N) is 3. The molecule has 1 fully saturated rings. The zero-order chi connectivity index (χ0) is 24.2. The lowest BCUT2D eigenvalue weighted by Gasteiger charge is -2.26. The Morgan fingerprint density at radius 2 is 1.97 bits per heavy atom. The topological polar surface area (TPSA) is 84.6 Å². The van der Waals surface area contributed by atoms with Crippen LogP contribution in [0.3, 0.4) is 0 Å². The molecule has 7 nitrogen and oxygen atoms in total. The standard InChI is InChI=1S/C25H22ClN3O4S/c1-16-20(26)7-4-8-21(16)29-24(31)22(14-17-5-3-6-18(13-17)32-2)34-25(29)19(15-27)23(30)28-9-11-33-12-10-28/h3-8,13-14H,9-12H2,1-2H3/b22-14+,25-19-. The molecule has 0 atom stereocenters. The summed E-state index contributed by atoms with van der Waals surface area (Å²) in [6.07, 6.45) is 1.73. The number of nitriles is 1. The average Bonchev–Trinajstić information content (AvgIpc) is 3.17. The van der Waals surface area contributed by atoms with Crippen molar-refractivity contribution in [3.8, 4) is 17.5 Å². The molecule has 3 aromatic rings. The number of carbonyl (C=O) groups excluding carboxylic acids is 1. The minimum Gasteiger partial charge on any atom is -0.497 e. The summed E-state index contributed by atoms with van der Waals surface area (Å²) in [5.41, 5.74) is 1.53. The van der Waals surface area contributed by atoms with Crippen molar-refractivity contribution in [1.82, 2.24) is 9.47 Å². The van der Waals surface area contributed by atoms with E-state index in [0.29, 0.717) is 52.9 Å². The van der Waals surface area contributed by atoms with E-state index in [9.17, 15) is 14.9 Å². The van der Waals surface area contributed by atoms with Crippen LogP contribution in [0.1, 0.15) is 11.1 Å². The third-order valence-electron chi connectivity index (χ3n) is 5.53. The van der Waals surface area contributed by atoms with Gasteiger partial charge >= 0.3 is 0 Å². The van der Waals surface area contributed by atoms with Crippen molar-refractivity contribution in [3.63, 3.8) is 0 Å². The zero-order valence-corrected chi connectivity index (χ0v) is 20.3. The van der Waals surface area contributed by atoms with Crippen LogP contribution in [0, 0.1) is 18.3 Å². The Bertz CT molecular complexity index is 1460. The normalized spacial score (nSPS) is 15.1. The Balaban J connectivity index is 2.03. The lowest BCUT2D eigenvalue weighted by atomic mass is 10.2. The predicted octanol–water partition coefficient (Wildman–Crippen LogP) is 2.23. The number of aromatic nitrogens is 1. The largest absolute Gasteiger partial charge is 0.497 e. The quantitative estimate of drug-likeness (QED) is 0.554. The fourth-order valence-electron chi connectivity index (χ4n) is 3.70. The molecule has 0 aliphatic carbocycles. The summed E-state index contributed by atoms with van der Waals surface area (Å²) in [5.74, 6) is 0.233. The Hall–Kier alpha value is -3.38. The number of hydrogen-bond acceptors (Lipinski definition) is 6. The molecule has 0 bridgehead atoms. The molecular weight excluding hydrogens is 474 g/mol. The first-order valence-electron chi connectivity index (χ1n) is 10.6. The van der Waals surface area contributed by atoms with Crippen LogP contribution in [0.15, 0.2) is 47.3 Å². The number of methoxy groups -OCH3 is 1. The SMILES string of the molecule is COc1cccc(/C=c2/s/c(=C(/C#N)C(=O)N3CCOCC3)n(-c3cccc(Cl)c3C)c2=O)c1. The first-order valence-corrected chi connectivity index (χ1v) is 11.8. The van der Waals surface area contributed by atoms with Gasteiger partial charge in [0.25, 0.3) is 11.5 Å². The molecule has 0 saturated carbocycles. The Morgan fingerprint density at radius 1 is 1.24 bits per heavy atom. The molecule has 0 N–H and O–H groups in total.